The molecule has 0 saturated carbocycles. The Bertz CT molecular complexity index is 975. The van der Waals surface area contributed by atoms with Crippen molar-refractivity contribution in [3.05, 3.63) is 90.0 Å². The van der Waals surface area contributed by atoms with E-state index < -0.39 is 0 Å². The van der Waals surface area contributed by atoms with E-state index in [1.54, 1.807) is 0 Å². The van der Waals surface area contributed by atoms with Crippen LogP contribution in [0.1, 0.15) is 139 Å². The third-order valence-electron chi connectivity index (χ3n) is 8.50. The van der Waals surface area contributed by atoms with Gasteiger partial charge in [0.05, 0.1) is 19.5 Å². The summed E-state index contributed by atoms with van der Waals surface area (Å²) in [6.07, 6.45) is 32.2. The molecule has 0 radical (unpaired) electrons. The minimum atomic E-state index is 1.01. The normalized spacial score (nSPS) is 11.3. The van der Waals surface area contributed by atoms with E-state index in [1.165, 1.54) is 133 Å². The number of unbranched alkanes of at least 4 members (excludes halogenated alkanes) is 16. The highest BCUT2D eigenvalue weighted by Gasteiger charge is 2.17. The lowest BCUT2D eigenvalue weighted by Crippen LogP contribution is -2.37. The van der Waals surface area contributed by atoms with Gasteiger partial charge in [-0.1, -0.05) is 164 Å². The van der Waals surface area contributed by atoms with Gasteiger partial charge in [-0.2, -0.15) is 0 Å². The van der Waals surface area contributed by atoms with E-state index in [9.17, 15) is 0 Å². The number of benzene rings is 2. The lowest BCUT2D eigenvalue weighted by atomic mass is 10.0. The summed E-state index contributed by atoms with van der Waals surface area (Å²) >= 11 is 0. The molecule has 0 aliphatic rings. The molecule has 220 valence electrons. The smallest absolute Gasteiger partial charge is 0.234 e. The van der Waals surface area contributed by atoms with Crippen LogP contribution in [0.3, 0.4) is 0 Å². The van der Waals surface area contributed by atoms with E-state index >= 15 is 0 Å². The largest absolute Gasteiger partial charge is 0.260 e. The molecule has 40 heavy (non-hydrogen) atoms. The summed E-state index contributed by atoms with van der Waals surface area (Å²) in [6.45, 7) is 4.53. The van der Waals surface area contributed by atoms with Crippen LogP contribution >= 0.6 is 0 Å². The third-order valence-corrected chi connectivity index (χ3v) is 8.50. The summed E-state index contributed by atoms with van der Waals surface area (Å²) in [5.41, 5.74) is 2.84. The van der Waals surface area contributed by atoms with Crippen molar-refractivity contribution in [3.8, 4) is 0 Å². The molecular formula is C38H59N2+. The van der Waals surface area contributed by atoms with Crippen LogP contribution in [0.2, 0.25) is 0 Å². The zero-order chi connectivity index (χ0) is 27.9. The molecule has 0 aliphatic heterocycles. The fourth-order valence-electron chi connectivity index (χ4n) is 5.99. The molecule has 0 fully saturated rings. The Balaban J connectivity index is 1.27. The van der Waals surface area contributed by atoms with Crippen molar-refractivity contribution in [2.24, 2.45) is 0 Å². The highest BCUT2D eigenvalue weighted by molar-refractivity contribution is 5.18. The van der Waals surface area contributed by atoms with E-state index in [4.69, 9.17) is 0 Å². The van der Waals surface area contributed by atoms with Gasteiger partial charge in [-0.3, -0.25) is 0 Å². The number of hydrogen-bond acceptors (Lipinski definition) is 0. The second-order valence-corrected chi connectivity index (χ2v) is 12.0. The van der Waals surface area contributed by atoms with Gasteiger partial charge in [-0.05, 0) is 36.8 Å². The minimum Gasteiger partial charge on any atom is -0.234 e. The average Bonchev–Trinajstić information content (AvgIpc) is 3.36. The first-order chi connectivity index (χ1) is 19.9. The number of aryl methyl sites for hydroxylation is 3. The van der Waals surface area contributed by atoms with E-state index in [2.05, 4.69) is 89.1 Å². The summed E-state index contributed by atoms with van der Waals surface area (Å²) in [4.78, 5) is 0. The van der Waals surface area contributed by atoms with E-state index in [1.807, 2.05) is 0 Å². The number of aromatic nitrogens is 2. The maximum Gasteiger partial charge on any atom is 0.260 e. The highest BCUT2D eigenvalue weighted by Crippen LogP contribution is 2.15. The van der Waals surface area contributed by atoms with Crippen LogP contribution in [-0.4, -0.2) is 4.57 Å². The lowest BCUT2D eigenvalue weighted by Gasteiger charge is -2.07. The number of rotatable bonds is 24. The summed E-state index contributed by atoms with van der Waals surface area (Å²) < 4.78 is 5.03. The molecule has 0 N–H and O–H groups in total. The monoisotopic (exact) mass is 543 g/mol. The molecule has 0 atom stereocenters. The molecule has 0 spiro atoms. The van der Waals surface area contributed by atoms with Crippen molar-refractivity contribution in [1.82, 2.24) is 4.57 Å². The molecule has 3 aromatic rings. The van der Waals surface area contributed by atoms with Crippen LogP contribution in [-0.2, 0) is 25.9 Å². The van der Waals surface area contributed by atoms with Crippen LogP contribution < -0.4 is 4.57 Å². The van der Waals surface area contributed by atoms with Gasteiger partial charge in [-0.15, -0.1) is 0 Å². The van der Waals surface area contributed by atoms with Crippen LogP contribution in [0.5, 0.6) is 0 Å². The predicted molar refractivity (Wildman–Crippen MR) is 173 cm³/mol. The minimum absolute atomic E-state index is 1.01. The lowest BCUT2D eigenvalue weighted by molar-refractivity contribution is -0.703. The van der Waals surface area contributed by atoms with Gasteiger partial charge in [0.1, 0.15) is 12.4 Å². The van der Waals surface area contributed by atoms with Crippen LogP contribution in [0.4, 0.5) is 0 Å². The first kappa shape index (κ1) is 32.2. The maximum atomic E-state index is 2.53. The number of imidazole rings is 1. The molecule has 1 heterocycles. The van der Waals surface area contributed by atoms with Gasteiger partial charge < -0.3 is 0 Å². The summed E-state index contributed by atoms with van der Waals surface area (Å²) in [5, 5.41) is 0. The van der Waals surface area contributed by atoms with E-state index in [0.717, 1.165) is 25.9 Å². The molecule has 0 amide bonds. The molecule has 0 unspecified atom stereocenters. The molecule has 2 nitrogen and oxygen atoms in total. The van der Waals surface area contributed by atoms with Crippen molar-refractivity contribution in [2.45, 2.75) is 148 Å². The first-order valence-corrected chi connectivity index (χ1v) is 17.0. The molecule has 3 rings (SSSR count). The van der Waals surface area contributed by atoms with Gasteiger partial charge in [0.2, 0.25) is 0 Å². The standard InChI is InChI=1S/C38H59N2/c1-2-3-4-5-6-7-8-9-10-11-12-13-14-15-16-17-24-31-39-33-34-40(32-25-30-36-26-20-18-21-27-36)38(39)35-37-28-22-19-23-29-37/h18-23,26-29,33-34H,2-17,24-25,30-32,35H2,1H3/q+1. The van der Waals surface area contributed by atoms with Gasteiger partial charge in [0.15, 0.2) is 0 Å². The SMILES string of the molecule is CCCCCCCCCCCCCCCCCCCn1cc[n+](CCCc2ccccc2)c1Cc1ccccc1. The van der Waals surface area contributed by atoms with Gasteiger partial charge in [-0.25, -0.2) is 9.13 Å². The first-order valence-electron chi connectivity index (χ1n) is 17.0. The Hall–Kier alpha value is -2.35. The average molecular weight is 544 g/mol. The van der Waals surface area contributed by atoms with Crippen LogP contribution in [0.25, 0.3) is 0 Å². The Morgan fingerprint density at radius 1 is 0.525 bits per heavy atom. The van der Waals surface area contributed by atoms with E-state index in [0.29, 0.717) is 0 Å². The predicted octanol–water partition coefficient (Wildman–Crippen LogP) is 10.7. The topological polar surface area (TPSA) is 8.81 Å². The Morgan fingerprint density at radius 3 is 1.52 bits per heavy atom. The molecular weight excluding hydrogens is 484 g/mol. The second-order valence-electron chi connectivity index (χ2n) is 12.0. The van der Waals surface area contributed by atoms with Gasteiger partial charge >= 0.3 is 0 Å². The Morgan fingerprint density at radius 2 is 1.00 bits per heavy atom. The summed E-state index contributed by atoms with van der Waals surface area (Å²) in [6, 6.07) is 21.9. The quantitative estimate of drug-likeness (QED) is 0.0784. The molecule has 1 aromatic heterocycles. The fraction of sp³-hybridized carbons (Fsp3) is 0.605. The van der Waals surface area contributed by atoms with Crippen molar-refractivity contribution in [3.63, 3.8) is 0 Å². The number of hydrogen-bond donors (Lipinski definition) is 0. The zero-order valence-electron chi connectivity index (χ0n) is 25.9. The van der Waals surface area contributed by atoms with E-state index in [-0.39, 0.29) is 0 Å². The second kappa shape index (κ2) is 21.4. The molecule has 2 heteroatoms. The highest BCUT2D eigenvalue weighted by atomic mass is 15.1. The fourth-order valence-corrected chi connectivity index (χ4v) is 5.99. The summed E-state index contributed by atoms with van der Waals surface area (Å²) in [5.74, 6) is 1.45. The number of nitrogens with zero attached hydrogens (tertiary/aromatic N) is 2. The summed E-state index contributed by atoms with van der Waals surface area (Å²) in [7, 11) is 0. The molecule has 0 bridgehead atoms. The zero-order valence-corrected chi connectivity index (χ0v) is 25.9. The molecule has 0 saturated heterocycles. The Kier molecular flexibility index (Phi) is 17.2. The van der Waals surface area contributed by atoms with Crippen LogP contribution in [0, 0.1) is 0 Å². The molecule has 2 aromatic carbocycles. The van der Waals surface area contributed by atoms with Crippen molar-refractivity contribution < 1.29 is 4.57 Å². The van der Waals surface area contributed by atoms with Crippen molar-refractivity contribution >= 4 is 0 Å². The van der Waals surface area contributed by atoms with Crippen molar-refractivity contribution in [2.75, 3.05) is 0 Å². The van der Waals surface area contributed by atoms with Crippen molar-refractivity contribution in [1.29, 1.82) is 0 Å². The maximum absolute atomic E-state index is 2.53. The van der Waals surface area contributed by atoms with Gasteiger partial charge in [0.25, 0.3) is 5.82 Å². The van der Waals surface area contributed by atoms with Crippen LogP contribution in [0.15, 0.2) is 73.1 Å². The van der Waals surface area contributed by atoms with Gasteiger partial charge in [0, 0.05) is 0 Å². The third kappa shape index (κ3) is 13.8. The molecule has 0 aliphatic carbocycles. The Labute approximate surface area is 247 Å².